The standard InChI is InChI=1S/C36H47Br2N5O5/c1-36(2)12-19-40(20-13-36)26-8-14-41(15-9-26)33(45)31(23-24-21-28(37)32(44)29(38)22-24)48-35(47)42-16-10-27(11-17-42)43-18-7-25-5-3-4-6-30(25)39-34(43)46/h3-6,21-22,26-27,31,44H,7-20,23H2,1-2H3,(H,39,46)/t31-/m1/s1. The van der Waals surface area contributed by atoms with Crippen LogP contribution in [0, 0.1) is 5.41 Å². The second kappa shape index (κ2) is 15.0. The number of fused-ring (bicyclic) bond motifs is 1. The molecule has 3 fully saturated rings. The summed E-state index contributed by atoms with van der Waals surface area (Å²) in [6.07, 6.45) is 4.93. The van der Waals surface area contributed by atoms with E-state index in [-0.39, 0.29) is 30.2 Å². The molecule has 3 saturated heterocycles. The van der Waals surface area contributed by atoms with Crippen LogP contribution in [0.15, 0.2) is 45.3 Å². The van der Waals surface area contributed by atoms with E-state index in [1.54, 1.807) is 17.0 Å². The van der Waals surface area contributed by atoms with E-state index in [9.17, 15) is 19.5 Å². The molecule has 0 spiro atoms. The first-order valence-corrected chi connectivity index (χ1v) is 18.9. The number of rotatable bonds is 6. The third kappa shape index (κ3) is 8.13. The second-order valence-corrected chi connectivity index (χ2v) is 16.2. The Kier molecular flexibility index (Phi) is 10.9. The molecule has 1 atom stereocenters. The number of nitrogens with zero attached hydrogens (tertiary/aromatic N) is 4. The summed E-state index contributed by atoms with van der Waals surface area (Å²) in [6, 6.07) is 11.8. The third-order valence-electron chi connectivity index (χ3n) is 10.8. The molecular weight excluding hydrogens is 742 g/mol. The first kappa shape index (κ1) is 35.0. The fraction of sp³-hybridized carbons (Fsp3) is 0.583. The summed E-state index contributed by atoms with van der Waals surface area (Å²) in [4.78, 5) is 48.7. The van der Waals surface area contributed by atoms with Crippen LogP contribution in [0.4, 0.5) is 15.3 Å². The summed E-state index contributed by atoms with van der Waals surface area (Å²) >= 11 is 6.79. The van der Waals surface area contributed by atoms with E-state index < -0.39 is 12.2 Å². The number of carbonyl (C=O) groups excluding carboxylic acids is 3. The summed E-state index contributed by atoms with van der Waals surface area (Å²) in [5, 5.41) is 13.3. The van der Waals surface area contributed by atoms with Crippen molar-refractivity contribution in [3.05, 3.63) is 56.5 Å². The number of carbonyl (C=O) groups is 3. The van der Waals surface area contributed by atoms with E-state index in [0.717, 1.165) is 49.2 Å². The molecule has 0 unspecified atom stereocenters. The highest BCUT2D eigenvalue weighted by Gasteiger charge is 2.37. The minimum Gasteiger partial charge on any atom is -0.506 e. The number of phenolic OH excluding ortho intramolecular Hbond substituents is 1. The number of nitrogens with one attached hydrogen (secondary N) is 1. The Balaban J connectivity index is 1.08. The number of likely N-dealkylation sites (tertiary alicyclic amines) is 3. The van der Waals surface area contributed by atoms with Crippen molar-refractivity contribution < 1.29 is 24.2 Å². The number of anilines is 1. The lowest BCUT2D eigenvalue weighted by molar-refractivity contribution is -0.142. The maximum atomic E-state index is 14.0. The van der Waals surface area contributed by atoms with Gasteiger partial charge in [0.05, 0.1) is 8.95 Å². The lowest BCUT2D eigenvalue weighted by Crippen LogP contribution is -2.53. The summed E-state index contributed by atoms with van der Waals surface area (Å²) < 4.78 is 7.04. The number of aromatic hydroxyl groups is 1. The molecule has 0 aliphatic carbocycles. The molecule has 10 nitrogen and oxygen atoms in total. The van der Waals surface area contributed by atoms with Crippen LogP contribution in [0.5, 0.6) is 5.75 Å². The zero-order valence-electron chi connectivity index (χ0n) is 27.9. The van der Waals surface area contributed by atoms with Crippen molar-refractivity contribution in [1.29, 1.82) is 0 Å². The van der Waals surface area contributed by atoms with Gasteiger partial charge in [0, 0.05) is 56.9 Å². The SMILES string of the molecule is CC1(C)CCN(C2CCN(C(=O)[C@@H](Cc3cc(Br)c(O)c(Br)c3)OC(=O)N3CCC(N4CCc5ccccc5NC4=O)CC3)CC2)CC1. The number of ether oxygens (including phenoxy) is 1. The molecule has 4 aliphatic rings. The van der Waals surface area contributed by atoms with Gasteiger partial charge in [0.2, 0.25) is 0 Å². The van der Waals surface area contributed by atoms with Crippen LogP contribution in [0.2, 0.25) is 0 Å². The molecule has 260 valence electrons. The van der Waals surface area contributed by atoms with Crippen LogP contribution in [0.3, 0.4) is 0 Å². The molecule has 6 rings (SSSR count). The number of hydrogen-bond donors (Lipinski definition) is 2. The molecule has 0 saturated carbocycles. The minimum atomic E-state index is -0.999. The molecule has 2 aromatic rings. The van der Waals surface area contributed by atoms with Gasteiger partial charge in [0.1, 0.15) is 5.75 Å². The fourth-order valence-electron chi connectivity index (χ4n) is 7.57. The Hall–Kier alpha value is -2.83. The molecular formula is C36H47Br2N5O5. The first-order valence-electron chi connectivity index (χ1n) is 17.3. The summed E-state index contributed by atoms with van der Waals surface area (Å²) in [7, 11) is 0. The maximum Gasteiger partial charge on any atom is 0.410 e. The van der Waals surface area contributed by atoms with E-state index in [4.69, 9.17) is 4.74 Å². The van der Waals surface area contributed by atoms with E-state index in [0.29, 0.717) is 66.0 Å². The van der Waals surface area contributed by atoms with E-state index in [2.05, 4.69) is 55.9 Å². The Bertz CT molecular complexity index is 1470. The van der Waals surface area contributed by atoms with Crippen LogP contribution < -0.4 is 5.32 Å². The summed E-state index contributed by atoms with van der Waals surface area (Å²) in [5.74, 6) is -0.107. The Morgan fingerprint density at radius 3 is 2.19 bits per heavy atom. The molecule has 12 heteroatoms. The Labute approximate surface area is 300 Å². The van der Waals surface area contributed by atoms with Crippen molar-refractivity contribution >= 4 is 55.6 Å². The molecule has 0 radical (unpaired) electrons. The van der Waals surface area contributed by atoms with E-state index in [1.807, 2.05) is 34.1 Å². The molecule has 4 aliphatic heterocycles. The van der Waals surface area contributed by atoms with E-state index >= 15 is 0 Å². The van der Waals surface area contributed by atoms with Crippen LogP contribution in [-0.4, -0.2) is 107 Å². The average Bonchev–Trinajstić information content (AvgIpc) is 3.24. The highest BCUT2D eigenvalue weighted by molar-refractivity contribution is 9.11. The Morgan fingerprint density at radius 1 is 0.917 bits per heavy atom. The van der Waals surface area contributed by atoms with Crippen molar-refractivity contribution in [2.75, 3.05) is 51.1 Å². The van der Waals surface area contributed by atoms with Gasteiger partial charge in [-0.3, -0.25) is 4.79 Å². The number of urea groups is 1. The van der Waals surface area contributed by atoms with Gasteiger partial charge >= 0.3 is 12.1 Å². The lowest BCUT2D eigenvalue weighted by atomic mass is 9.82. The predicted molar refractivity (Wildman–Crippen MR) is 192 cm³/mol. The molecule has 4 heterocycles. The van der Waals surface area contributed by atoms with Gasteiger partial charge in [-0.05, 0) is 125 Å². The van der Waals surface area contributed by atoms with Gasteiger partial charge < -0.3 is 34.8 Å². The van der Waals surface area contributed by atoms with Crippen LogP contribution in [0.1, 0.15) is 63.5 Å². The molecule has 0 bridgehead atoms. The van der Waals surface area contributed by atoms with Gasteiger partial charge in [-0.1, -0.05) is 32.0 Å². The van der Waals surface area contributed by atoms with Gasteiger partial charge in [-0.2, -0.15) is 0 Å². The first-order chi connectivity index (χ1) is 23.0. The van der Waals surface area contributed by atoms with Crippen molar-refractivity contribution in [3.63, 3.8) is 0 Å². The normalized spacial score (nSPS) is 21.7. The average molecular weight is 790 g/mol. The number of hydrogen-bond acceptors (Lipinski definition) is 6. The molecule has 2 aromatic carbocycles. The Morgan fingerprint density at radius 2 is 1.52 bits per heavy atom. The highest BCUT2D eigenvalue weighted by atomic mass is 79.9. The monoisotopic (exact) mass is 787 g/mol. The summed E-state index contributed by atoms with van der Waals surface area (Å²) in [5.41, 5.74) is 3.13. The van der Waals surface area contributed by atoms with E-state index in [1.165, 1.54) is 12.8 Å². The molecule has 48 heavy (non-hydrogen) atoms. The molecule has 0 aromatic heterocycles. The predicted octanol–water partition coefficient (Wildman–Crippen LogP) is 6.63. The van der Waals surface area contributed by atoms with Crippen molar-refractivity contribution in [2.45, 2.75) is 83.4 Å². The van der Waals surface area contributed by atoms with Crippen LogP contribution in [0.25, 0.3) is 0 Å². The molecule has 2 N–H and O–H groups in total. The topological polar surface area (TPSA) is 106 Å². The minimum absolute atomic E-state index is 0.0137. The van der Waals surface area contributed by atoms with Crippen LogP contribution in [-0.2, 0) is 22.4 Å². The second-order valence-electron chi connectivity index (χ2n) is 14.5. The third-order valence-corrected chi connectivity index (χ3v) is 12.0. The quantitative estimate of drug-likeness (QED) is 0.341. The maximum absolute atomic E-state index is 14.0. The van der Waals surface area contributed by atoms with Crippen molar-refractivity contribution in [2.24, 2.45) is 5.41 Å². The number of phenols is 1. The lowest BCUT2D eigenvalue weighted by Gasteiger charge is -2.44. The van der Waals surface area contributed by atoms with Gasteiger partial charge in [-0.25, -0.2) is 9.59 Å². The highest BCUT2D eigenvalue weighted by Crippen LogP contribution is 2.35. The van der Waals surface area contributed by atoms with Gasteiger partial charge in [0.25, 0.3) is 5.91 Å². The molecule has 4 amide bonds. The smallest absolute Gasteiger partial charge is 0.410 e. The number of piperidine rings is 3. The van der Waals surface area contributed by atoms with Gasteiger partial charge in [-0.15, -0.1) is 0 Å². The van der Waals surface area contributed by atoms with Crippen LogP contribution >= 0.6 is 31.9 Å². The fourth-order valence-corrected chi connectivity index (χ4v) is 8.85. The van der Waals surface area contributed by atoms with Crippen molar-refractivity contribution in [1.82, 2.24) is 19.6 Å². The number of benzene rings is 2. The summed E-state index contributed by atoms with van der Waals surface area (Å²) in [6.45, 7) is 9.65. The number of amides is 4. The number of para-hydroxylation sites is 1. The zero-order chi connectivity index (χ0) is 34.0. The van der Waals surface area contributed by atoms with Gasteiger partial charge in [0.15, 0.2) is 6.10 Å². The largest absolute Gasteiger partial charge is 0.506 e. The zero-order valence-corrected chi connectivity index (χ0v) is 31.1. The van der Waals surface area contributed by atoms with Crippen molar-refractivity contribution in [3.8, 4) is 5.75 Å². The number of halogens is 2.